The predicted molar refractivity (Wildman–Crippen MR) is 150 cm³/mol. The average Bonchev–Trinajstić information content (AvgIpc) is 3.47. The lowest BCUT2D eigenvalue weighted by molar-refractivity contribution is -0.137. The van der Waals surface area contributed by atoms with E-state index in [9.17, 15) is 4.79 Å². The number of benzene rings is 3. The van der Waals surface area contributed by atoms with Crippen molar-refractivity contribution in [3.63, 3.8) is 0 Å². The van der Waals surface area contributed by atoms with Crippen LogP contribution in [0.2, 0.25) is 0 Å². The summed E-state index contributed by atoms with van der Waals surface area (Å²) in [4.78, 5) is 11.2. The number of fused-ring (bicyclic) bond motifs is 2. The zero-order valence-electron chi connectivity index (χ0n) is 22.4. The zero-order chi connectivity index (χ0) is 27.8. The summed E-state index contributed by atoms with van der Waals surface area (Å²) < 4.78 is 27.3. The van der Waals surface area contributed by atoms with Gasteiger partial charge in [-0.2, -0.15) is 0 Å². The number of hydrogen-bond donors (Lipinski definition) is 3. The third-order valence-corrected chi connectivity index (χ3v) is 7.54. The third kappa shape index (κ3) is 5.09. The molecule has 0 fully saturated rings. The second-order valence-electron chi connectivity index (χ2n) is 10.4. The Bertz CT molecular complexity index is 1500. The van der Waals surface area contributed by atoms with Crippen LogP contribution in [0.15, 0.2) is 60.4 Å². The summed E-state index contributed by atoms with van der Waals surface area (Å²) in [5, 5.41) is 9.15. The van der Waals surface area contributed by atoms with Gasteiger partial charge in [-0.25, -0.2) is 4.39 Å². The number of aryl methyl sites for hydroxylation is 2. The molecule has 0 bridgehead atoms. The number of carbonyl (C=O) groups is 1. The van der Waals surface area contributed by atoms with Gasteiger partial charge < -0.3 is 26.0 Å². The van der Waals surface area contributed by atoms with Crippen molar-refractivity contribution in [1.29, 1.82) is 0 Å². The normalized spacial score (nSPS) is 18.5. The fourth-order valence-electron chi connectivity index (χ4n) is 5.93. The lowest BCUT2D eigenvalue weighted by atomic mass is 9.88. The lowest BCUT2D eigenvalue weighted by Crippen LogP contribution is -2.07. The summed E-state index contributed by atoms with van der Waals surface area (Å²) >= 11 is 0. The van der Waals surface area contributed by atoms with Crippen LogP contribution in [0.25, 0.3) is 16.7 Å². The van der Waals surface area contributed by atoms with Crippen molar-refractivity contribution in [2.75, 3.05) is 6.61 Å². The van der Waals surface area contributed by atoms with E-state index in [2.05, 4.69) is 26.0 Å². The summed E-state index contributed by atoms with van der Waals surface area (Å²) in [6.45, 7) is 6.26. The van der Waals surface area contributed by atoms with Crippen LogP contribution in [0.5, 0.6) is 11.5 Å². The molecule has 7 heteroatoms. The number of hydrogen-bond acceptors (Lipinski definition) is 5. The van der Waals surface area contributed by atoms with Gasteiger partial charge in [0.15, 0.2) is 0 Å². The van der Waals surface area contributed by atoms with Crippen molar-refractivity contribution in [2.24, 2.45) is 11.5 Å². The van der Waals surface area contributed by atoms with Crippen LogP contribution in [0, 0.1) is 19.7 Å². The molecule has 39 heavy (non-hydrogen) atoms. The fourth-order valence-corrected chi connectivity index (χ4v) is 5.93. The van der Waals surface area contributed by atoms with Crippen LogP contribution in [0.4, 0.5) is 4.39 Å². The van der Waals surface area contributed by atoms with E-state index in [1.165, 1.54) is 6.07 Å². The first-order valence-corrected chi connectivity index (χ1v) is 13.1. The minimum absolute atomic E-state index is 0.0180. The van der Waals surface area contributed by atoms with Crippen molar-refractivity contribution in [1.82, 2.24) is 0 Å². The van der Waals surface area contributed by atoms with Crippen LogP contribution in [-0.2, 0) is 11.2 Å². The van der Waals surface area contributed by atoms with Crippen LogP contribution >= 0.6 is 0 Å². The monoisotopic (exact) mass is 528 g/mol. The van der Waals surface area contributed by atoms with Crippen molar-refractivity contribution >= 4 is 11.5 Å². The number of carboxylic acids is 1. The molecule has 0 spiro atoms. The fraction of sp³-hybridized carbons (Fsp3) is 0.281. The molecule has 3 aromatic rings. The van der Waals surface area contributed by atoms with E-state index in [0.29, 0.717) is 42.2 Å². The first-order valence-electron chi connectivity index (χ1n) is 13.1. The van der Waals surface area contributed by atoms with Gasteiger partial charge in [0.05, 0.1) is 13.0 Å². The summed E-state index contributed by atoms with van der Waals surface area (Å²) in [6.07, 6.45) is 4.33. The summed E-state index contributed by atoms with van der Waals surface area (Å²) in [7, 11) is 0. The number of ether oxygens (including phenoxy) is 2. The Morgan fingerprint density at radius 3 is 2.59 bits per heavy atom. The predicted octanol–water partition coefficient (Wildman–Crippen LogP) is 6.29. The Balaban J connectivity index is 1.46. The molecule has 0 saturated heterocycles. The molecular weight excluding hydrogens is 495 g/mol. The van der Waals surface area contributed by atoms with Gasteiger partial charge in [-0.3, -0.25) is 4.79 Å². The molecule has 0 amide bonds. The highest BCUT2D eigenvalue weighted by Crippen LogP contribution is 2.45. The lowest BCUT2D eigenvalue weighted by Gasteiger charge is -2.19. The number of carboxylic acid groups (broad SMARTS) is 1. The molecule has 202 valence electrons. The summed E-state index contributed by atoms with van der Waals surface area (Å²) in [5.74, 6) is -0.108. The minimum Gasteiger partial charge on any atom is -0.492 e. The Morgan fingerprint density at radius 2 is 1.92 bits per heavy atom. The highest BCUT2D eigenvalue weighted by Gasteiger charge is 2.32. The van der Waals surface area contributed by atoms with Crippen LogP contribution < -0.4 is 20.9 Å². The maximum atomic E-state index is 15.3. The maximum Gasteiger partial charge on any atom is 0.304 e. The van der Waals surface area contributed by atoms with Gasteiger partial charge in [-0.15, -0.1) is 0 Å². The molecule has 0 aromatic heterocycles. The molecule has 1 aliphatic heterocycles. The molecule has 5 N–H and O–H groups in total. The molecule has 3 aromatic carbocycles. The molecule has 1 aliphatic carbocycles. The van der Waals surface area contributed by atoms with E-state index >= 15 is 4.39 Å². The van der Waals surface area contributed by atoms with E-state index < -0.39 is 12.1 Å². The van der Waals surface area contributed by atoms with E-state index in [1.807, 2.05) is 31.2 Å². The van der Waals surface area contributed by atoms with Crippen LogP contribution in [0.3, 0.4) is 0 Å². The standard InChI is InChI=1S/C32H33FN2O4/c1-17-10-20(21(15-34)12-19(3)35)11-18(2)31(17)25-6-8-27(33)32-26(25)7-9-28(32)39-23-4-5-24-22(13-30(36)37)16-38-29(24)14-23/h4-6,8,10-12,14-15,22,28H,7,9,13,16,34-35H2,1-3H3,(H,36,37)/b19-12-,21-15+/t22-,28-/m1/s1. The Morgan fingerprint density at radius 1 is 1.18 bits per heavy atom. The summed E-state index contributed by atoms with van der Waals surface area (Å²) in [6, 6.07) is 13.0. The largest absolute Gasteiger partial charge is 0.492 e. The SMILES string of the molecule is C/C(N)=C/C(=C\N)c1cc(C)c(-c2ccc(F)c3c2CC[C@H]3Oc2ccc3c(c2)OC[C@H]3CC(=O)O)c(C)c1. The molecule has 2 aliphatic rings. The number of halogens is 1. The van der Waals surface area contributed by atoms with Gasteiger partial charge in [-0.1, -0.05) is 24.3 Å². The third-order valence-electron chi connectivity index (χ3n) is 7.54. The molecule has 1 heterocycles. The van der Waals surface area contributed by atoms with Crippen molar-refractivity contribution in [2.45, 2.75) is 52.1 Å². The Labute approximate surface area is 227 Å². The van der Waals surface area contributed by atoms with Crippen molar-refractivity contribution < 1.29 is 23.8 Å². The Kier molecular flexibility index (Phi) is 7.08. The quantitative estimate of drug-likeness (QED) is 0.311. The second-order valence-corrected chi connectivity index (χ2v) is 10.4. The van der Waals surface area contributed by atoms with Gasteiger partial charge in [0.25, 0.3) is 0 Å². The van der Waals surface area contributed by atoms with Crippen molar-refractivity contribution in [3.05, 3.63) is 99.6 Å². The minimum atomic E-state index is -0.857. The molecular formula is C32H33FN2O4. The molecule has 0 radical (unpaired) electrons. The maximum absolute atomic E-state index is 15.3. The molecule has 0 unspecified atom stereocenters. The molecule has 5 rings (SSSR count). The van der Waals surface area contributed by atoms with E-state index in [0.717, 1.165) is 44.5 Å². The number of nitrogens with two attached hydrogens (primary N) is 2. The zero-order valence-corrected chi connectivity index (χ0v) is 22.4. The highest BCUT2D eigenvalue weighted by molar-refractivity contribution is 5.81. The number of allylic oxidation sites excluding steroid dienone is 3. The van der Waals surface area contributed by atoms with Crippen LogP contribution in [0.1, 0.15) is 65.2 Å². The first-order chi connectivity index (χ1) is 18.7. The van der Waals surface area contributed by atoms with E-state index in [4.69, 9.17) is 26.0 Å². The Hall–Kier alpha value is -4.26. The first kappa shape index (κ1) is 26.4. The molecule has 0 saturated carbocycles. The van der Waals surface area contributed by atoms with Gasteiger partial charge in [-0.05, 0) is 90.8 Å². The highest BCUT2D eigenvalue weighted by atomic mass is 19.1. The van der Waals surface area contributed by atoms with Crippen LogP contribution in [-0.4, -0.2) is 17.7 Å². The smallest absolute Gasteiger partial charge is 0.304 e. The number of rotatable bonds is 7. The van der Waals surface area contributed by atoms with Gasteiger partial charge in [0, 0.05) is 35.0 Å². The topological polar surface area (TPSA) is 108 Å². The molecule has 6 nitrogen and oxygen atoms in total. The van der Waals surface area contributed by atoms with Gasteiger partial charge in [0.1, 0.15) is 23.4 Å². The van der Waals surface area contributed by atoms with E-state index in [1.54, 1.807) is 12.3 Å². The summed E-state index contributed by atoms with van der Waals surface area (Å²) in [5.41, 5.74) is 20.9. The van der Waals surface area contributed by atoms with E-state index in [-0.39, 0.29) is 18.2 Å². The average molecular weight is 529 g/mol. The molecule has 2 atom stereocenters. The second kappa shape index (κ2) is 10.5. The number of aliphatic carboxylic acids is 1. The van der Waals surface area contributed by atoms with Crippen molar-refractivity contribution in [3.8, 4) is 22.6 Å². The van der Waals surface area contributed by atoms with Gasteiger partial charge >= 0.3 is 5.97 Å². The van der Waals surface area contributed by atoms with Gasteiger partial charge in [0.2, 0.25) is 0 Å².